The number of aryl methyl sites for hydroxylation is 1. The van der Waals surface area contributed by atoms with Gasteiger partial charge in [-0.1, -0.05) is 35.5 Å². The van der Waals surface area contributed by atoms with Crippen molar-refractivity contribution in [3.8, 4) is 0 Å². The van der Waals surface area contributed by atoms with Crippen molar-refractivity contribution in [2.24, 2.45) is 0 Å². The number of rotatable bonds is 6. The molecule has 9 heteroatoms. The third-order valence-electron chi connectivity index (χ3n) is 5.69. The molecule has 1 aliphatic heterocycles. The SMILES string of the molecule is Cc1cc(Cl)c2c(Sc3ccc(CCO)cc3)cn([C@@H]3O[C@H](CO)[C@@H](O)[C@H](O)[C@H]3O)c2c1. The van der Waals surface area contributed by atoms with Crippen molar-refractivity contribution in [3.63, 3.8) is 0 Å². The molecule has 5 atom stereocenters. The van der Waals surface area contributed by atoms with E-state index < -0.39 is 37.3 Å². The molecule has 7 nitrogen and oxygen atoms in total. The van der Waals surface area contributed by atoms with Crippen LogP contribution >= 0.6 is 23.4 Å². The Bertz CT molecular complexity index is 1090. The first-order valence-electron chi connectivity index (χ1n) is 10.3. The lowest BCUT2D eigenvalue weighted by Gasteiger charge is -2.40. The van der Waals surface area contributed by atoms with Crippen molar-refractivity contribution in [1.82, 2.24) is 4.57 Å². The number of hydrogen-bond donors (Lipinski definition) is 5. The third-order valence-corrected chi connectivity index (χ3v) is 7.02. The summed E-state index contributed by atoms with van der Waals surface area (Å²) in [6.45, 7) is 1.50. The maximum atomic E-state index is 10.7. The summed E-state index contributed by atoms with van der Waals surface area (Å²) in [5.74, 6) is 0. The normalized spacial score (nSPS) is 26.0. The molecule has 2 heterocycles. The Balaban J connectivity index is 1.77. The van der Waals surface area contributed by atoms with Gasteiger partial charge in [0.2, 0.25) is 0 Å². The van der Waals surface area contributed by atoms with Gasteiger partial charge in [-0.05, 0) is 48.7 Å². The van der Waals surface area contributed by atoms with Crippen molar-refractivity contribution in [2.75, 3.05) is 13.2 Å². The summed E-state index contributed by atoms with van der Waals surface area (Å²) in [5, 5.41) is 51.1. The number of nitrogens with zero attached hydrogens (tertiary/aromatic N) is 1. The van der Waals surface area contributed by atoms with E-state index in [1.807, 2.05) is 43.3 Å². The van der Waals surface area contributed by atoms with E-state index in [0.29, 0.717) is 17.0 Å². The van der Waals surface area contributed by atoms with Crippen LogP contribution in [0.3, 0.4) is 0 Å². The number of halogens is 1. The first-order valence-corrected chi connectivity index (χ1v) is 11.5. The zero-order valence-corrected chi connectivity index (χ0v) is 19.0. The molecule has 1 aliphatic rings. The van der Waals surface area contributed by atoms with Crippen LogP contribution < -0.4 is 0 Å². The first kappa shape index (κ1) is 23.5. The van der Waals surface area contributed by atoms with Crippen molar-refractivity contribution < 1.29 is 30.3 Å². The lowest BCUT2D eigenvalue weighted by atomic mass is 9.98. The minimum atomic E-state index is -1.47. The molecular weight excluding hydrogens is 454 g/mol. The van der Waals surface area contributed by atoms with Crippen LogP contribution in [0.4, 0.5) is 0 Å². The predicted octanol–water partition coefficient (Wildman–Crippen LogP) is 2.26. The maximum absolute atomic E-state index is 10.7. The highest BCUT2D eigenvalue weighted by Gasteiger charge is 2.44. The largest absolute Gasteiger partial charge is 0.396 e. The van der Waals surface area contributed by atoms with Crippen LogP contribution in [0.15, 0.2) is 52.4 Å². The van der Waals surface area contributed by atoms with Crippen LogP contribution in [-0.4, -0.2) is 67.7 Å². The quantitative estimate of drug-likeness (QED) is 0.368. The molecule has 5 N–H and O–H groups in total. The Hall–Kier alpha value is -1.62. The number of fused-ring (bicyclic) bond motifs is 1. The summed E-state index contributed by atoms with van der Waals surface area (Å²) in [6, 6.07) is 11.6. The zero-order chi connectivity index (χ0) is 23.0. The average Bonchev–Trinajstić information content (AvgIpc) is 3.12. The van der Waals surface area contributed by atoms with Gasteiger partial charge in [-0.25, -0.2) is 0 Å². The molecule has 172 valence electrons. The van der Waals surface area contributed by atoms with E-state index in [1.54, 1.807) is 10.8 Å². The van der Waals surface area contributed by atoms with Gasteiger partial charge in [0.15, 0.2) is 6.23 Å². The number of aliphatic hydroxyl groups is 5. The maximum Gasteiger partial charge on any atom is 0.163 e. The minimum Gasteiger partial charge on any atom is -0.396 e. The standard InChI is InChI=1S/C23H26ClNO6S/c1-12-8-15(24)19-16(9-12)25(23-22(30)21(29)20(28)17(11-27)31-23)10-18(19)32-14-4-2-13(3-5-14)6-7-26/h2-5,8-10,17,20-23,26-30H,6-7,11H2,1H3/t17-,20-,21+,22-,23-/m1/s1. The smallest absolute Gasteiger partial charge is 0.163 e. The fourth-order valence-corrected chi connectivity index (χ4v) is 5.45. The second-order valence-electron chi connectivity index (χ2n) is 7.98. The van der Waals surface area contributed by atoms with Gasteiger partial charge in [-0.3, -0.25) is 0 Å². The van der Waals surface area contributed by atoms with Gasteiger partial charge in [0.1, 0.15) is 24.4 Å². The summed E-state index contributed by atoms with van der Waals surface area (Å²) in [7, 11) is 0. The summed E-state index contributed by atoms with van der Waals surface area (Å²) >= 11 is 8.10. The molecule has 32 heavy (non-hydrogen) atoms. The Morgan fingerprint density at radius 2 is 1.75 bits per heavy atom. The molecule has 0 unspecified atom stereocenters. The van der Waals surface area contributed by atoms with Crippen molar-refractivity contribution in [3.05, 3.63) is 58.7 Å². The summed E-state index contributed by atoms with van der Waals surface area (Å²) in [5.41, 5.74) is 2.66. The monoisotopic (exact) mass is 479 g/mol. The molecular formula is C23H26ClNO6S. The molecule has 0 bridgehead atoms. The zero-order valence-electron chi connectivity index (χ0n) is 17.4. The van der Waals surface area contributed by atoms with Gasteiger partial charge >= 0.3 is 0 Å². The fourth-order valence-electron chi connectivity index (χ4n) is 4.01. The van der Waals surface area contributed by atoms with Crippen LogP contribution in [0.25, 0.3) is 10.9 Å². The van der Waals surface area contributed by atoms with Crippen LogP contribution in [0.5, 0.6) is 0 Å². The lowest BCUT2D eigenvalue weighted by Crippen LogP contribution is -2.56. The van der Waals surface area contributed by atoms with Gasteiger partial charge in [-0.15, -0.1) is 0 Å². The van der Waals surface area contributed by atoms with E-state index in [9.17, 15) is 20.4 Å². The number of aliphatic hydroxyl groups excluding tert-OH is 5. The van der Waals surface area contributed by atoms with E-state index >= 15 is 0 Å². The van der Waals surface area contributed by atoms with E-state index in [1.165, 1.54) is 11.8 Å². The number of hydrogen-bond acceptors (Lipinski definition) is 7. The van der Waals surface area contributed by atoms with Crippen molar-refractivity contribution >= 4 is 34.3 Å². The number of benzene rings is 2. The Morgan fingerprint density at radius 3 is 2.41 bits per heavy atom. The van der Waals surface area contributed by atoms with Crippen LogP contribution in [0.2, 0.25) is 5.02 Å². The molecule has 0 amide bonds. The topological polar surface area (TPSA) is 115 Å². The second-order valence-corrected chi connectivity index (χ2v) is 9.50. The van der Waals surface area contributed by atoms with Crippen molar-refractivity contribution in [1.29, 1.82) is 0 Å². The minimum absolute atomic E-state index is 0.0913. The van der Waals surface area contributed by atoms with E-state index in [2.05, 4.69) is 0 Å². The van der Waals surface area contributed by atoms with Crippen LogP contribution in [0, 0.1) is 6.92 Å². The molecule has 0 aliphatic carbocycles. The third kappa shape index (κ3) is 4.42. The van der Waals surface area contributed by atoms with Gasteiger partial charge in [0.05, 0.1) is 17.1 Å². The van der Waals surface area contributed by atoms with Crippen LogP contribution in [-0.2, 0) is 11.2 Å². The molecule has 2 aromatic carbocycles. The number of aromatic nitrogens is 1. The molecule has 0 radical (unpaired) electrons. The molecule has 0 spiro atoms. The first-order chi connectivity index (χ1) is 15.3. The molecule has 4 rings (SSSR count). The summed E-state index contributed by atoms with van der Waals surface area (Å²) in [4.78, 5) is 1.80. The highest BCUT2D eigenvalue weighted by molar-refractivity contribution is 7.99. The molecule has 0 saturated carbocycles. The fraction of sp³-hybridized carbons (Fsp3) is 0.391. The molecule has 1 fully saturated rings. The predicted molar refractivity (Wildman–Crippen MR) is 122 cm³/mol. The van der Waals surface area contributed by atoms with Gasteiger partial charge in [0, 0.05) is 28.0 Å². The van der Waals surface area contributed by atoms with Crippen molar-refractivity contribution in [2.45, 2.75) is 53.8 Å². The Labute approximate surface area is 194 Å². The van der Waals surface area contributed by atoms with Gasteiger partial charge in [-0.2, -0.15) is 0 Å². The van der Waals surface area contributed by atoms with E-state index in [4.69, 9.17) is 21.4 Å². The van der Waals surface area contributed by atoms with Crippen LogP contribution in [0.1, 0.15) is 17.4 Å². The molecule has 1 saturated heterocycles. The average molecular weight is 480 g/mol. The lowest BCUT2D eigenvalue weighted by molar-refractivity contribution is -0.250. The highest BCUT2D eigenvalue weighted by Crippen LogP contribution is 2.42. The summed E-state index contributed by atoms with van der Waals surface area (Å²) < 4.78 is 7.48. The van der Waals surface area contributed by atoms with Gasteiger partial charge < -0.3 is 34.8 Å². The van der Waals surface area contributed by atoms with E-state index in [-0.39, 0.29) is 6.61 Å². The Kier molecular flexibility index (Phi) is 7.14. The summed E-state index contributed by atoms with van der Waals surface area (Å²) in [6.07, 6.45) is -3.94. The highest BCUT2D eigenvalue weighted by atomic mass is 35.5. The Morgan fingerprint density at radius 1 is 1.03 bits per heavy atom. The van der Waals surface area contributed by atoms with E-state index in [0.717, 1.165) is 26.3 Å². The van der Waals surface area contributed by atoms with Gasteiger partial charge in [0.25, 0.3) is 0 Å². The number of ether oxygens (including phenoxy) is 1. The second kappa shape index (κ2) is 9.70. The molecule has 3 aromatic rings. The molecule has 1 aromatic heterocycles.